The summed E-state index contributed by atoms with van der Waals surface area (Å²) in [5.41, 5.74) is 7.29. The molecule has 2 aromatic carbocycles. The van der Waals surface area contributed by atoms with Crippen LogP contribution in [0.1, 0.15) is 5.56 Å². The molecule has 19 heavy (non-hydrogen) atoms. The first-order chi connectivity index (χ1) is 9.10. The van der Waals surface area contributed by atoms with Crippen LogP contribution in [0.15, 0.2) is 36.4 Å². The predicted molar refractivity (Wildman–Crippen MR) is 71.2 cm³/mol. The SMILES string of the molecule is COCc1cccc(Nc2cc(F)cc(F)c2N)c1. The van der Waals surface area contributed by atoms with Gasteiger partial charge in [0.25, 0.3) is 0 Å². The monoisotopic (exact) mass is 264 g/mol. The molecule has 0 aliphatic carbocycles. The van der Waals surface area contributed by atoms with E-state index in [2.05, 4.69) is 5.32 Å². The van der Waals surface area contributed by atoms with E-state index in [9.17, 15) is 8.78 Å². The number of halogens is 2. The zero-order valence-electron chi connectivity index (χ0n) is 10.4. The van der Waals surface area contributed by atoms with Gasteiger partial charge in [0.2, 0.25) is 0 Å². The van der Waals surface area contributed by atoms with E-state index in [1.54, 1.807) is 13.2 Å². The van der Waals surface area contributed by atoms with Gasteiger partial charge in [0.15, 0.2) is 5.82 Å². The second kappa shape index (κ2) is 5.67. The highest BCUT2D eigenvalue weighted by molar-refractivity contribution is 5.73. The van der Waals surface area contributed by atoms with Gasteiger partial charge >= 0.3 is 0 Å². The number of nitrogens with one attached hydrogen (secondary N) is 1. The number of rotatable bonds is 4. The molecular weight excluding hydrogens is 250 g/mol. The summed E-state index contributed by atoms with van der Waals surface area (Å²) in [6.45, 7) is 0.461. The maximum absolute atomic E-state index is 13.3. The Morgan fingerprint density at radius 3 is 2.74 bits per heavy atom. The van der Waals surface area contributed by atoms with Gasteiger partial charge in [-0.1, -0.05) is 12.1 Å². The van der Waals surface area contributed by atoms with Crippen molar-refractivity contribution < 1.29 is 13.5 Å². The molecule has 0 saturated heterocycles. The van der Waals surface area contributed by atoms with E-state index in [1.165, 1.54) is 0 Å². The van der Waals surface area contributed by atoms with Gasteiger partial charge in [-0.05, 0) is 23.8 Å². The summed E-state index contributed by atoms with van der Waals surface area (Å²) in [6.07, 6.45) is 0. The molecular formula is C14H14F2N2O. The van der Waals surface area contributed by atoms with E-state index >= 15 is 0 Å². The summed E-state index contributed by atoms with van der Waals surface area (Å²) in [5, 5.41) is 2.89. The van der Waals surface area contributed by atoms with Crippen LogP contribution in [0, 0.1) is 11.6 Å². The lowest BCUT2D eigenvalue weighted by atomic mass is 10.2. The molecule has 0 aliphatic heterocycles. The van der Waals surface area contributed by atoms with Crippen LogP contribution in [0.5, 0.6) is 0 Å². The van der Waals surface area contributed by atoms with Gasteiger partial charge in [-0.3, -0.25) is 0 Å². The van der Waals surface area contributed by atoms with Gasteiger partial charge in [0.05, 0.1) is 18.0 Å². The normalized spacial score (nSPS) is 10.5. The van der Waals surface area contributed by atoms with Gasteiger partial charge in [-0.2, -0.15) is 0 Å². The fourth-order valence-electron chi connectivity index (χ4n) is 1.75. The van der Waals surface area contributed by atoms with Gasteiger partial charge in [-0.15, -0.1) is 0 Å². The zero-order valence-corrected chi connectivity index (χ0v) is 10.4. The van der Waals surface area contributed by atoms with Crippen molar-refractivity contribution in [1.29, 1.82) is 0 Å². The van der Waals surface area contributed by atoms with E-state index in [-0.39, 0.29) is 11.4 Å². The number of hydrogen-bond acceptors (Lipinski definition) is 3. The summed E-state index contributed by atoms with van der Waals surface area (Å²) < 4.78 is 31.5. The molecule has 2 rings (SSSR count). The molecule has 0 atom stereocenters. The predicted octanol–water partition coefficient (Wildman–Crippen LogP) is 3.44. The van der Waals surface area contributed by atoms with Crippen molar-refractivity contribution in [3.63, 3.8) is 0 Å². The Labute approximate surface area is 110 Å². The molecule has 0 aliphatic rings. The third-order valence-corrected chi connectivity index (χ3v) is 2.61. The first kappa shape index (κ1) is 13.3. The number of hydrogen-bond donors (Lipinski definition) is 2. The first-order valence-corrected chi connectivity index (χ1v) is 5.69. The molecule has 0 heterocycles. The molecule has 2 aromatic rings. The van der Waals surface area contributed by atoms with Crippen LogP contribution >= 0.6 is 0 Å². The second-order valence-corrected chi connectivity index (χ2v) is 4.11. The van der Waals surface area contributed by atoms with Crippen molar-refractivity contribution in [1.82, 2.24) is 0 Å². The van der Waals surface area contributed by atoms with Gasteiger partial charge in [0, 0.05) is 18.9 Å². The summed E-state index contributed by atoms with van der Waals surface area (Å²) in [5.74, 6) is -1.46. The molecule has 100 valence electrons. The Balaban J connectivity index is 2.28. The van der Waals surface area contributed by atoms with Crippen LogP contribution in [-0.2, 0) is 11.3 Å². The molecule has 0 fully saturated rings. The van der Waals surface area contributed by atoms with E-state index in [1.807, 2.05) is 18.2 Å². The van der Waals surface area contributed by atoms with Crippen LogP contribution in [0.3, 0.4) is 0 Å². The van der Waals surface area contributed by atoms with Crippen LogP contribution in [0.25, 0.3) is 0 Å². The molecule has 0 amide bonds. The third kappa shape index (κ3) is 3.20. The molecule has 3 N–H and O–H groups in total. The average molecular weight is 264 g/mol. The Morgan fingerprint density at radius 1 is 1.21 bits per heavy atom. The van der Waals surface area contributed by atoms with Crippen molar-refractivity contribution in [3.05, 3.63) is 53.6 Å². The summed E-state index contributed by atoms with van der Waals surface area (Å²) >= 11 is 0. The topological polar surface area (TPSA) is 47.3 Å². The summed E-state index contributed by atoms with van der Waals surface area (Å²) in [6, 6.07) is 9.23. The lowest BCUT2D eigenvalue weighted by molar-refractivity contribution is 0.185. The largest absolute Gasteiger partial charge is 0.395 e. The molecule has 0 aromatic heterocycles. The quantitative estimate of drug-likeness (QED) is 0.832. The molecule has 0 saturated carbocycles. The fourth-order valence-corrected chi connectivity index (χ4v) is 1.75. The zero-order chi connectivity index (χ0) is 13.8. The van der Waals surface area contributed by atoms with E-state index in [4.69, 9.17) is 10.5 Å². The molecule has 0 unspecified atom stereocenters. The number of benzene rings is 2. The summed E-state index contributed by atoms with van der Waals surface area (Å²) in [4.78, 5) is 0. The molecule has 3 nitrogen and oxygen atoms in total. The standard InChI is InChI=1S/C14H14F2N2O/c1-19-8-9-3-2-4-11(5-9)18-13-7-10(15)6-12(16)14(13)17/h2-7,18H,8,17H2,1H3. The van der Waals surface area contributed by atoms with E-state index in [0.717, 1.165) is 17.7 Å². The molecule has 0 bridgehead atoms. The number of ether oxygens (including phenoxy) is 1. The maximum Gasteiger partial charge on any atom is 0.151 e. The first-order valence-electron chi connectivity index (χ1n) is 5.69. The number of nitrogen functional groups attached to an aromatic ring is 1. The molecule has 0 radical (unpaired) electrons. The second-order valence-electron chi connectivity index (χ2n) is 4.11. The van der Waals surface area contributed by atoms with Crippen molar-refractivity contribution in [3.8, 4) is 0 Å². The van der Waals surface area contributed by atoms with Gasteiger partial charge < -0.3 is 15.8 Å². The Kier molecular flexibility index (Phi) is 3.97. The highest BCUT2D eigenvalue weighted by Crippen LogP contribution is 2.27. The number of anilines is 3. The van der Waals surface area contributed by atoms with Crippen LogP contribution in [0.2, 0.25) is 0 Å². The third-order valence-electron chi connectivity index (χ3n) is 2.61. The van der Waals surface area contributed by atoms with Crippen LogP contribution < -0.4 is 11.1 Å². The lowest BCUT2D eigenvalue weighted by Gasteiger charge is -2.11. The van der Waals surface area contributed by atoms with E-state index in [0.29, 0.717) is 12.3 Å². The minimum Gasteiger partial charge on any atom is -0.395 e. The average Bonchev–Trinajstić information content (AvgIpc) is 2.36. The Hall–Kier alpha value is -2.14. The summed E-state index contributed by atoms with van der Waals surface area (Å²) in [7, 11) is 1.60. The number of nitrogens with two attached hydrogens (primary N) is 1. The Morgan fingerprint density at radius 2 is 2.00 bits per heavy atom. The van der Waals surface area contributed by atoms with Gasteiger partial charge in [-0.25, -0.2) is 8.78 Å². The minimum atomic E-state index is -0.782. The van der Waals surface area contributed by atoms with Crippen LogP contribution in [0.4, 0.5) is 25.8 Å². The van der Waals surface area contributed by atoms with Gasteiger partial charge in [0.1, 0.15) is 5.82 Å². The van der Waals surface area contributed by atoms with Crippen molar-refractivity contribution in [2.24, 2.45) is 0 Å². The highest BCUT2D eigenvalue weighted by Gasteiger charge is 2.08. The lowest BCUT2D eigenvalue weighted by Crippen LogP contribution is -2.00. The maximum atomic E-state index is 13.3. The smallest absolute Gasteiger partial charge is 0.151 e. The number of methoxy groups -OCH3 is 1. The Bertz CT molecular complexity index is 588. The molecule has 5 heteroatoms. The fraction of sp³-hybridized carbons (Fsp3) is 0.143. The van der Waals surface area contributed by atoms with Crippen LogP contribution in [-0.4, -0.2) is 7.11 Å². The van der Waals surface area contributed by atoms with Crippen molar-refractivity contribution >= 4 is 17.1 Å². The molecule has 0 spiro atoms. The van der Waals surface area contributed by atoms with Crippen molar-refractivity contribution in [2.75, 3.05) is 18.2 Å². The van der Waals surface area contributed by atoms with Crippen molar-refractivity contribution in [2.45, 2.75) is 6.61 Å². The highest BCUT2D eigenvalue weighted by atomic mass is 19.1. The van der Waals surface area contributed by atoms with E-state index < -0.39 is 11.6 Å². The minimum absolute atomic E-state index is 0.112.